The van der Waals surface area contributed by atoms with E-state index in [2.05, 4.69) is 56.3 Å². The van der Waals surface area contributed by atoms with Crippen LogP contribution in [0.25, 0.3) is 28.7 Å². The van der Waals surface area contributed by atoms with Gasteiger partial charge in [-0.15, -0.1) is 0 Å². The van der Waals surface area contributed by atoms with Crippen LogP contribution in [-0.2, 0) is 12.8 Å². The van der Waals surface area contributed by atoms with Crippen LogP contribution >= 0.6 is 0 Å². The number of para-hydroxylation sites is 2. The van der Waals surface area contributed by atoms with Gasteiger partial charge in [-0.3, -0.25) is 9.36 Å². The standard InChI is InChI=1S/C25H27NO/c1-3-5-12-20-21-14-9-11-19-17-16-18-10-7-8-15-23(18)26(24(19)21)25(27)22(20)13-6-4-2/h7-11,14-17H,3-6,12-13H2,1-2H3. The van der Waals surface area contributed by atoms with Gasteiger partial charge in [0.2, 0.25) is 0 Å². The lowest BCUT2D eigenvalue weighted by Gasteiger charge is -2.19. The van der Waals surface area contributed by atoms with Crippen LogP contribution in [0, 0.1) is 0 Å². The fourth-order valence-corrected chi connectivity index (χ4v) is 4.21. The minimum atomic E-state index is 0.172. The molecule has 2 aromatic carbocycles. The lowest BCUT2D eigenvalue weighted by atomic mass is 9.93. The molecule has 0 saturated heterocycles. The molecular weight excluding hydrogens is 330 g/mol. The SMILES string of the molecule is CCCCc1c(CCCC)c2cccc3c2n(c1=O)-c1ccccc1C=C3. The molecule has 2 heterocycles. The quantitative estimate of drug-likeness (QED) is 0.405. The molecule has 27 heavy (non-hydrogen) atoms. The summed E-state index contributed by atoms with van der Waals surface area (Å²) in [5.41, 5.74) is 6.75. The van der Waals surface area contributed by atoms with Gasteiger partial charge in [-0.25, -0.2) is 0 Å². The maximum atomic E-state index is 13.7. The summed E-state index contributed by atoms with van der Waals surface area (Å²) in [6.45, 7) is 4.41. The molecule has 0 radical (unpaired) electrons. The predicted octanol–water partition coefficient (Wildman–Crippen LogP) is 6.16. The van der Waals surface area contributed by atoms with E-state index >= 15 is 0 Å². The highest BCUT2D eigenvalue weighted by Crippen LogP contribution is 2.32. The van der Waals surface area contributed by atoms with Crippen LogP contribution in [0.4, 0.5) is 0 Å². The van der Waals surface area contributed by atoms with Crippen molar-refractivity contribution in [3.05, 3.63) is 75.1 Å². The third kappa shape index (κ3) is 3.03. The number of aromatic nitrogens is 1. The van der Waals surface area contributed by atoms with Gasteiger partial charge in [-0.1, -0.05) is 75.2 Å². The van der Waals surface area contributed by atoms with Gasteiger partial charge in [0, 0.05) is 10.9 Å². The molecule has 2 nitrogen and oxygen atoms in total. The zero-order chi connectivity index (χ0) is 18.8. The maximum absolute atomic E-state index is 13.7. The van der Waals surface area contributed by atoms with Crippen molar-refractivity contribution < 1.29 is 0 Å². The molecule has 2 heteroatoms. The Hall–Kier alpha value is -2.61. The first-order valence-corrected chi connectivity index (χ1v) is 10.2. The Morgan fingerprint density at radius 1 is 0.778 bits per heavy atom. The summed E-state index contributed by atoms with van der Waals surface area (Å²) in [5.74, 6) is 0. The lowest BCUT2D eigenvalue weighted by Crippen LogP contribution is -2.26. The molecule has 0 unspecified atom stereocenters. The predicted molar refractivity (Wildman–Crippen MR) is 116 cm³/mol. The van der Waals surface area contributed by atoms with Gasteiger partial charge < -0.3 is 0 Å². The molecule has 0 saturated carbocycles. The fourth-order valence-electron chi connectivity index (χ4n) is 4.21. The molecule has 3 aromatic rings. The molecule has 1 aliphatic heterocycles. The van der Waals surface area contributed by atoms with Crippen LogP contribution in [0.2, 0.25) is 0 Å². The van der Waals surface area contributed by atoms with E-state index in [1.807, 2.05) is 16.7 Å². The summed E-state index contributed by atoms with van der Waals surface area (Å²) < 4.78 is 1.97. The van der Waals surface area contributed by atoms with Crippen LogP contribution < -0.4 is 5.56 Å². The molecule has 138 valence electrons. The highest BCUT2D eigenvalue weighted by Gasteiger charge is 2.21. The van der Waals surface area contributed by atoms with Crippen molar-refractivity contribution in [1.82, 2.24) is 4.57 Å². The van der Waals surface area contributed by atoms with Crippen molar-refractivity contribution in [1.29, 1.82) is 0 Å². The zero-order valence-corrected chi connectivity index (χ0v) is 16.3. The van der Waals surface area contributed by atoms with Crippen LogP contribution in [0.15, 0.2) is 47.3 Å². The molecule has 0 aliphatic carbocycles. The summed E-state index contributed by atoms with van der Waals surface area (Å²) in [4.78, 5) is 13.7. The van der Waals surface area contributed by atoms with Crippen LogP contribution in [-0.4, -0.2) is 4.57 Å². The van der Waals surface area contributed by atoms with E-state index in [1.165, 1.54) is 10.9 Å². The summed E-state index contributed by atoms with van der Waals surface area (Å²) in [5, 5.41) is 1.24. The molecule has 1 aliphatic rings. The van der Waals surface area contributed by atoms with Crippen molar-refractivity contribution in [2.75, 3.05) is 0 Å². The number of rotatable bonds is 6. The molecule has 4 rings (SSSR count). The first kappa shape index (κ1) is 17.8. The van der Waals surface area contributed by atoms with E-state index in [0.29, 0.717) is 0 Å². The van der Waals surface area contributed by atoms with E-state index in [-0.39, 0.29) is 5.56 Å². The number of benzene rings is 2. The number of nitrogens with zero attached hydrogens (tertiary/aromatic N) is 1. The first-order chi connectivity index (χ1) is 13.3. The summed E-state index contributed by atoms with van der Waals surface area (Å²) in [7, 11) is 0. The van der Waals surface area contributed by atoms with E-state index in [0.717, 1.165) is 66.4 Å². The van der Waals surface area contributed by atoms with Crippen molar-refractivity contribution in [2.45, 2.75) is 52.4 Å². The molecule has 0 spiro atoms. The van der Waals surface area contributed by atoms with Gasteiger partial charge in [0.25, 0.3) is 5.56 Å². The van der Waals surface area contributed by atoms with Gasteiger partial charge >= 0.3 is 0 Å². The van der Waals surface area contributed by atoms with E-state index in [1.54, 1.807) is 0 Å². The molecule has 0 fully saturated rings. The summed E-state index contributed by atoms with van der Waals surface area (Å²) in [6.07, 6.45) is 10.5. The molecule has 0 amide bonds. The minimum Gasteiger partial charge on any atom is -0.275 e. The Kier molecular flexibility index (Phi) is 4.98. The largest absolute Gasteiger partial charge is 0.275 e. The smallest absolute Gasteiger partial charge is 0.259 e. The Labute approximate surface area is 161 Å². The average molecular weight is 357 g/mol. The number of pyridine rings is 1. The monoisotopic (exact) mass is 357 g/mol. The van der Waals surface area contributed by atoms with Gasteiger partial charge in [-0.05, 0) is 48.4 Å². The normalized spacial score (nSPS) is 12.2. The Morgan fingerprint density at radius 3 is 2.22 bits per heavy atom. The van der Waals surface area contributed by atoms with Gasteiger partial charge in [0.15, 0.2) is 0 Å². The number of aryl methyl sites for hydroxylation is 1. The van der Waals surface area contributed by atoms with E-state index < -0.39 is 0 Å². The number of fused-ring (bicyclic) bond motifs is 2. The van der Waals surface area contributed by atoms with Gasteiger partial charge in [0.1, 0.15) is 0 Å². The summed E-state index contributed by atoms with van der Waals surface area (Å²) in [6, 6.07) is 14.7. The maximum Gasteiger partial charge on any atom is 0.259 e. The van der Waals surface area contributed by atoms with Crippen LogP contribution in [0.3, 0.4) is 0 Å². The van der Waals surface area contributed by atoms with Crippen LogP contribution in [0.5, 0.6) is 0 Å². The number of unbranched alkanes of at least 4 members (excludes halogenated alkanes) is 2. The second-order valence-electron chi connectivity index (χ2n) is 7.44. The Bertz CT molecular complexity index is 1070. The second kappa shape index (κ2) is 7.56. The van der Waals surface area contributed by atoms with E-state index in [9.17, 15) is 4.79 Å². The Morgan fingerprint density at radius 2 is 1.44 bits per heavy atom. The first-order valence-electron chi connectivity index (χ1n) is 10.2. The van der Waals surface area contributed by atoms with E-state index in [4.69, 9.17) is 0 Å². The average Bonchev–Trinajstić information content (AvgIpc) is 2.87. The Balaban J connectivity index is 2.12. The molecular formula is C25H27NO. The molecule has 0 atom stereocenters. The number of hydrogen-bond acceptors (Lipinski definition) is 1. The topological polar surface area (TPSA) is 22.0 Å². The van der Waals surface area contributed by atoms with Gasteiger partial charge in [0.05, 0.1) is 11.2 Å². The van der Waals surface area contributed by atoms with Gasteiger partial charge in [-0.2, -0.15) is 0 Å². The zero-order valence-electron chi connectivity index (χ0n) is 16.3. The van der Waals surface area contributed by atoms with Crippen molar-refractivity contribution in [3.63, 3.8) is 0 Å². The highest BCUT2D eigenvalue weighted by atomic mass is 16.1. The van der Waals surface area contributed by atoms with Crippen molar-refractivity contribution >= 4 is 23.1 Å². The van der Waals surface area contributed by atoms with Crippen molar-refractivity contribution in [2.24, 2.45) is 0 Å². The molecule has 1 aromatic heterocycles. The highest BCUT2D eigenvalue weighted by molar-refractivity contribution is 5.96. The second-order valence-corrected chi connectivity index (χ2v) is 7.44. The van der Waals surface area contributed by atoms with Crippen molar-refractivity contribution in [3.8, 4) is 5.69 Å². The third-order valence-electron chi connectivity index (χ3n) is 5.62. The molecule has 0 bridgehead atoms. The van der Waals surface area contributed by atoms with Crippen LogP contribution in [0.1, 0.15) is 61.8 Å². The molecule has 0 N–H and O–H groups in total. The fraction of sp³-hybridized carbons (Fsp3) is 0.320. The minimum absolute atomic E-state index is 0.172. The third-order valence-corrected chi connectivity index (χ3v) is 5.62. The number of hydrogen-bond donors (Lipinski definition) is 0. The lowest BCUT2D eigenvalue weighted by molar-refractivity contribution is 0.749. The summed E-state index contributed by atoms with van der Waals surface area (Å²) >= 11 is 0.